The minimum absolute atomic E-state index is 0.0114. The van der Waals surface area contributed by atoms with Crippen LogP contribution in [0.3, 0.4) is 0 Å². The molecular formula is C26H38O5S. The summed E-state index contributed by atoms with van der Waals surface area (Å²) in [5, 5.41) is 10.1. The Balaban J connectivity index is 1.69. The standard InChI is InChI=1S/C26H38O5S/c1-2-3-4-5-6-7-8-9-10-11-12-13-16-22-17-14-18-23(21-22)31-24-19-15-20-25(26(24)27)32(28,29)30/h14-15,17-21,27H,2-13,16H2,1H3,(H,28,29,30). The van der Waals surface area contributed by atoms with E-state index in [4.69, 9.17) is 4.74 Å². The predicted octanol–water partition coefficient (Wildman–Crippen LogP) is 7.67. The molecule has 0 atom stereocenters. The van der Waals surface area contributed by atoms with Gasteiger partial charge >= 0.3 is 0 Å². The Morgan fingerprint density at radius 1 is 0.781 bits per heavy atom. The first-order valence-electron chi connectivity index (χ1n) is 12.0. The van der Waals surface area contributed by atoms with Crippen LogP contribution in [0.25, 0.3) is 0 Å². The molecule has 0 radical (unpaired) electrons. The summed E-state index contributed by atoms with van der Waals surface area (Å²) in [5.74, 6) is -0.0896. The molecule has 2 aromatic rings. The molecule has 2 aromatic carbocycles. The minimum Gasteiger partial charge on any atom is -0.503 e. The molecule has 0 aromatic heterocycles. The van der Waals surface area contributed by atoms with E-state index in [1.165, 1.54) is 82.8 Å². The van der Waals surface area contributed by atoms with Gasteiger partial charge in [0, 0.05) is 0 Å². The van der Waals surface area contributed by atoms with Crippen molar-refractivity contribution in [3.8, 4) is 17.2 Å². The second kappa shape index (κ2) is 14.2. The molecule has 0 bridgehead atoms. The number of aromatic hydroxyl groups is 1. The highest BCUT2D eigenvalue weighted by Gasteiger charge is 2.19. The molecule has 6 heteroatoms. The number of aryl methyl sites for hydroxylation is 1. The number of phenolic OH excluding ortho intramolecular Hbond substituents is 1. The molecule has 0 heterocycles. The molecule has 0 saturated heterocycles. The summed E-state index contributed by atoms with van der Waals surface area (Å²) in [4.78, 5) is -0.567. The van der Waals surface area contributed by atoms with Crippen molar-refractivity contribution in [2.75, 3.05) is 0 Å². The minimum atomic E-state index is -4.52. The fourth-order valence-corrected chi connectivity index (χ4v) is 4.45. The highest BCUT2D eigenvalue weighted by molar-refractivity contribution is 7.86. The van der Waals surface area contributed by atoms with E-state index >= 15 is 0 Å². The van der Waals surface area contributed by atoms with Crippen LogP contribution in [0.2, 0.25) is 0 Å². The monoisotopic (exact) mass is 462 g/mol. The molecule has 5 nitrogen and oxygen atoms in total. The third kappa shape index (κ3) is 9.61. The van der Waals surface area contributed by atoms with Gasteiger partial charge in [-0.1, -0.05) is 95.8 Å². The summed E-state index contributed by atoms with van der Waals surface area (Å²) in [7, 11) is -4.52. The Morgan fingerprint density at radius 2 is 1.34 bits per heavy atom. The van der Waals surface area contributed by atoms with E-state index in [9.17, 15) is 18.1 Å². The maximum atomic E-state index is 11.3. The number of phenols is 1. The van der Waals surface area contributed by atoms with Crippen LogP contribution in [-0.4, -0.2) is 18.1 Å². The van der Waals surface area contributed by atoms with Crippen LogP contribution in [0.15, 0.2) is 47.4 Å². The third-order valence-electron chi connectivity index (χ3n) is 5.69. The number of hydrogen-bond acceptors (Lipinski definition) is 4. The van der Waals surface area contributed by atoms with Gasteiger partial charge in [-0.15, -0.1) is 0 Å². The first-order chi connectivity index (χ1) is 15.4. The molecule has 0 amide bonds. The van der Waals surface area contributed by atoms with Crippen molar-refractivity contribution in [1.82, 2.24) is 0 Å². The normalized spacial score (nSPS) is 11.6. The Hall–Kier alpha value is -2.05. The topological polar surface area (TPSA) is 83.8 Å². The zero-order chi connectivity index (χ0) is 23.2. The van der Waals surface area contributed by atoms with Crippen LogP contribution < -0.4 is 4.74 Å². The molecule has 32 heavy (non-hydrogen) atoms. The Labute approximate surface area is 193 Å². The molecule has 0 aliphatic heterocycles. The number of benzene rings is 2. The molecule has 2 rings (SSSR count). The fraction of sp³-hybridized carbons (Fsp3) is 0.538. The maximum Gasteiger partial charge on any atom is 0.298 e. The van der Waals surface area contributed by atoms with Gasteiger partial charge in [-0.3, -0.25) is 4.55 Å². The van der Waals surface area contributed by atoms with E-state index in [2.05, 4.69) is 6.92 Å². The first-order valence-corrected chi connectivity index (χ1v) is 13.4. The van der Waals surface area contributed by atoms with Crippen LogP contribution >= 0.6 is 0 Å². The fourth-order valence-electron chi connectivity index (χ4n) is 3.85. The van der Waals surface area contributed by atoms with Gasteiger partial charge in [0.05, 0.1) is 0 Å². The largest absolute Gasteiger partial charge is 0.503 e. The summed E-state index contributed by atoms with van der Waals surface area (Å²) >= 11 is 0. The summed E-state index contributed by atoms with van der Waals surface area (Å²) in [6.07, 6.45) is 16.8. The molecule has 0 fully saturated rings. The maximum absolute atomic E-state index is 11.3. The van der Waals surface area contributed by atoms with Crippen LogP contribution in [0.4, 0.5) is 0 Å². The first kappa shape index (κ1) is 26.2. The lowest BCUT2D eigenvalue weighted by Gasteiger charge is -2.11. The Kier molecular flexibility index (Phi) is 11.6. The lowest BCUT2D eigenvalue weighted by atomic mass is 10.0. The second-order valence-corrected chi connectivity index (χ2v) is 9.86. The molecule has 0 unspecified atom stereocenters. The van der Waals surface area contributed by atoms with Crippen LogP contribution in [0.5, 0.6) is 17.2 Å². The SMILES string of the molecule is CCCCCCCCCCCCCCc1cccc(Oc2cccc(S(=O)(=O)O)c2O)c1. The lowest BCUT2D eigenvalue weighted by molar-refractivity contribution is 0.395. The van der Waals surface area contributed by atoms with Gasteiger partial charge < -0.3 is 9.84 Å². The van der Waals surface area contributed by atoms with Crippen molar-refractivity contribution in [2.24, 2.45) is 0 Å². The number of rotatable bonds is 16. The molecule has 0 aliphatic rings. The van der Waals surface area contributed by atoms with Gasteiger partial charge in [0.1, 0.15) is 10.6 Å². The van der Waals surface area contributed by atoms with Crippen molar-refractivity contribution >= 4 is 10.1 Å². The van der Waals surface area contributed by atoms with Crippen LogP contribution in [0.1, 0.15) is 89.5 Å². The number of ether oxygens (including phenoxy) is 1. The van der Waals surface area contributed by atoms with Crippen LogP contribution in [0, 0.1) is 0 Å². The summed E-state index contributed by atoms with van der Waals surface area (Å²) in [6, 6.07) is 11.6. The zero-order valence-corrected chi connectivity index (χ0v) is 20.1. The van der Waals surface area contributed by atoms with Crippen molar-refractivity contribution in [1.29, 1.82) is 0 Å². The van der Waals surface area contributed by atoms with E-state index in [0.29, 0.717) is 5.75 Å². The zero-order valence-electron chi connectivity index (χ0n) is 19.3. The van der Waals surface area contributed by atoms with Gasteiger partial charge in [-0.25, -0.2) is 0 Å². The summed E-state index contributed by atoms with van der Waals surface area (Å²) in [6.45, 7) is 2.26. The molecule has 2 N–H and O–H groups in total. The third-order valence-corrected chi connectivity index (χ3v) is 6.57. The van der Waals surface area contributed by atoms with Crippen molar-refractivity contribution in [3.63, 3.8) is 0 Å². The number of para-hydroxylation sites is 1. The quantitative estimate of drug-likeness (QED) is 0.197. The predicted molar refractivity (Wildman–Crippen MR) is 129 cm³/mol. The number of unbranched alkanes of at least 4 members (excludes halogenated alkanes) is 11. The highest BCUT2D eigenvalue weighted by Crippen LogP contribution is 2.36. The molecule has 178 valence electrons. The summed E-state index contributed by atoms with van der Waals surface area (Å²) in [5.41, 5.74) is 1.14. The van der Waals surface area contributed by atoms with Crippen LogP contribution in [-0.2, 0) is 16.5 Å². The average Bonchev–Trinajstić information content (AvgIpc) is 2.75. The van der Waals surface area contributed by atoms with Gasteiger partial charge in [0.15, 0.2) is 11.5 Å². The van der Waals surface area contributed by atoms with Gasteiger partial charge in [-0.2, -0.15) is 8.42 Å². The highest BCUT2D eigenvalue weighted by atomic mass is 32.2. The molecular weight excluding hydrogens is 424 g/mol. The second-order valence-electron chi connectivity index (χ2n) is 8.47. The summed E-state index contributed by atoms with van der Waals surface area (Å²) < 4.78 is 37.6. The van der Waals surface area contributed by atoms with Gasteiger partial charge in [0.2, 0.25) is 0 Å². The van der Waals surface area contributed by atoms with E-state index in [1.807, 2.05) is 18.2 Å². The van der Waals surface area contributed by atoms with E-state index in [0.717, 1.165) is 24.5 Å². The Morgan fingerprint density at radius 3 is 1.94 bits per heavy atom. The van der Waals surface area contributed by atoms with E-state index < -0.39 is 20.8 Å². The van der Waals surface area contributed by atoms with Crippen molar-refractivity contribution in [3.05, 3.63) is 48.0 Å². The van der Waals surface area contributed by atoms with E-state index in [-0.39, 0.29) is 5.75 Å². The smallest absolute Gasteiger partial charge is 0.298 e. The average molecular weight is 463 g/mol. The lowest BCUT2D eigenvalue weighted by Crippen LogP contribution is -1.99. The molecule has 0 aliphatic carbocycles. The molecule has 0 spiro atoms. The van der Waals surface area contributed by atoms with Gasteiger partial charge in [-0.05, 0) is 42.7 Å². The Bertz CT molecular complexity index is 908. The van der Waals surface area contributed by atoms with Gasteiger partial charge in [0.25, 0.3) is 10.1 Å². The molecule has 0 saturated carbocycles. The van der Waals surface area contributed by atoms with Crippen molar-refractivity contribution < 1.29 is 22.8 Å². The number of hydrogen-bond donors (Lipinski definition) is 2. The van der Waals surface area contributed by atoms with Crippen molar-refractivity contribution in [2.45, 2.75) is 95.3 Å². The van der Waals surface area contributed by atoms with E-state index in [1.54, 1.807) is 6.07 Å².